The van der Waals surface area contributed by atoms with Gasteiger partial charge in [-0.2, -0.15) is 87.8 Å². The molecular formula is C12H2F20O4. The topological polar surface area (TPSA) is 74.6 Å². The van der Waals surface area contributed by atoms with Crippen LogP contribution in [0.1, 0.15) is 0 Å². The molecular weight excluding hydrogens is 588 g/mol. The lowest BCUT2D eigenvalue weighted by molar-refractivity contribution is -0.463. The second kappa shape index (κ2) is 8.02. The summed E-state index contributed by atoms with van der Waals surface area (Å²) < 4.78 is 261. The molecule has 0 aromatic heterocycles. The van der Waals surface area contributed by atoms with Crippen molar-refractivity contribution in [1.82, 2.24) is 0 Å². The van der Waals surface area contributed by atoms with Crippen molar-refractivity contribution in [2.24, 2.45) is 5.41 Å². The maximum Gasteiger partial charge on any atom is 0.460 e. The van der Waals surface area contributed by atoms with E-state index >= 15 is 0 Å². The highest BCUT2D eigenvalue weighted by atomic mass is 19.4. The zero-order valence-corrected chi connectivity index (χ0v) is 15.3. The highest BCUT2D eigenvalue weighted by Crippen LogP contribution is 2.67. The van der Waals surface area contributed by atoms with Crippen LogP contribution in [0.25, 0.3) is 0 Å². The van der Waals surface area contributed by atoms with Crippen molar-refractivity contribution in [2.75, 3.05) is 0 Å². The second-order valence-corrected chi connectivity index (χ2v) is 6.38. The summed E-state index contributed by atoms with van der Waals surface area (Å²) >= 11 is 0. The highest BCUT2D eigenvalue weighted by Gasteiger charge is 2.99. The van der Waals surface area contributed by atoms with Gasteiger partial charge < -0.3 is 10.2 Å². The Kier molecular flexibility index (Phi) is 7.47. The molecule has 0 aliphatic rings. The van der Waals surface area contributed by atoms with Gasteiger partial charge in [0.25, 0.3) is 0 Å². The lowest BCUT2D eigenvalue weighted by atomic mass is 9.70. The van der Waals surface area contributed by atoms with Gasteiger partial charge in [0.15, 0.2) is 0 Å². The average molecular weight is 590 g/mol. The van der Waals surface area contributed by atoms with Gasteiger partial charge in [0.2, 0.25) is 0 Å². The van der Waals surface area contributed by atoms with E-state index in [9.17, 15) is 97.4 Å². The van der Waals surface area contributed by atoms with Crippen LogP contribution in [-0.4, -0.2) is 76.0 Å². The van der Waals surface area contributed by atoms with Crippen LogP contribution >= 0.6 is 0 Å². The second-order valence-electron chi connectivity index (χ2n) is 6.38. The minimum absolute atomic E-state index is 5.06. The number of alkyl halides is 20. The molecule has 4 nitrogen and oxygen atoms in total. The number of hydrogen-bond acceptors (Lipinski definition) is 2. The Morgan fingerprint density at radius 2 is 0.528 bits per heavy atom. The van der Waals surface area contributed by atoms with E-state index in [1.165, 1.54) is 0 Å². The zero-order valence-electron chi connectivity index (χ0n) is 15.3. The molecule has 0 aromatic carbocycles. The van der Waals surface area contributed by atoms with E-state index in [0.29, 0.717) is 0 Å². The minimum atomic E-state index is -9.32. The molecule has 24 heteroatoms. The molecule has 0 saturated heterocycles. The first-order valence-electron chi connectivity index (χ1n) is 7.39. The van der Waals surface area contributed by atoms with Crippen molar-refractivity contribution < 1.29 is 108 Å². The summed E-state index contributed by atoms with van der Waals surface area (Å²) in [6.45, 7) is 0. The highest BCUT2D eigenvalue weighted by molar-refractivity contribution is 6.01. The Morgan fingerprint density at radius 3 is 0.722 bits per heavy atom. The number of rotatable bonds is 9. The van der Waals surface area contributed by atoms with E-state index < -0.39 is 71.2 Å². The van der Waals surface area contributed by atoms with Crippen molar-refractivity contribution in [1.29, 1.82) is 0 Å². The van der Waals surface area contributed by atoms with Crippen LogP contribution < -0.4 is 0 Å². The van der Waals surface area contributed by atoms with Gasteiger partial charge in [0.05, 0.1) is 0 Å². The molecule has 0 bridgehead atoms. The predicted octanol–water partition coefficient (Wildman–Crippen LogP) is 5.71. The lowest BCUT2D eigenvalue weighted by Gasteiger charge is -2.46. The Labute approximate surface area is 180 Å². The van der Waals surface area contributed by atoms with Gasteiger partial charge in [-0.1, -0.05) is 0 Å². The minimum Gasteiger partial charge on any atom is -0.480 e. The Bertz CT molecular complexity index is 866. The fourth-order valence-electron chi connectivity index (χ4n) is 2.24. The first-order valence-corrected chi connectivity index (χ1v) is 7.39. The summed E-state index contributed by atoms with van der Waals surface area (Å²) in [6.07, 6.45) is -16.2. The number of carbonyl (C=O) groups is 2. The largest absolute Gasteiger partial charge is 0.480 e. The maximum atomic E-state index is 14.0. The molecule has 0 saturated carbocycles. The molecule has 0 radical (unpaired) electrons. The molecule has 0 atom stereocenters. The summed E-state index contributed by atoms with van der Waals surface area (Å²) in [5.74, 6) is -72.9. The van der Waals surface area contributed by atoms with Crippen molar-refractivity contribution >= 4 is 11.9 Å². The van der Waals surface area contributed by atoms with E-state index in [-0.39, 0.29) is 0 Å². The zero-order chi connectivity index (χ0) is 30.2. The molecule has 214 valence electrons. The van der Waals surface area contributed by atoms with Gasteiger partial charge in [0, 0.05) is 0 Å². The number of carboxylic acids is 2. The lowest BCUT2D eigenvalue weighted by Crippen LogP contribution is -2.79. The fourth-order valence-corrected chi connectivity index (χ4v) is 2.24. The number of halogens is 20. The van der Waals surface area contributed by atoms with Gasteiger partial charge in [-0.3, -0.25) is 9.59 Å². The SMILES string of the molecule is O=C(O)C(C(=O)O)(C(F)(F)C(F)(F)F)C(F)(F)C(F)(F)C(F)(F)C(F)(F)C(F)(F)C(F)(F)C(F)(F)F. The third-order valence-electron chi connectivity index (χ3n) is 4.27. The molecule has 36 heavy (non-hydrogen) atoms. The summed E-state index contributed by atoms with van der Waals surface area (Å²) in [5.41, 5.74) is -8.05. The van der Waals surface area contributed by atoms with Crippen LogP contribution in [0.15, 0.2) is 0 Å². The fraction of sp³-hybridized carbons (Fsp3) is 0.833. The van der Waals surface area contributed by atoms with E-state index in [1.807, 2.05) is 0 Å². The molecule has 0 aliphatic heterocycles. The summed E-state index contributed by atoms with van der Waals surface area (Å²) in [5, 5.41) is 16.5. The third-order valence-corrected chi connectivity index (χ3v) is 4.27. The van der Waals surface area contributed by atoms with E-state index in [1.54, 1.807) is 0 Å². The van der Waals surface area contributed by atoms with E-state index in [0.717, 1.165) is 0 Å². The van der Waals surface area contributed by atoms with Gasteiger partial charge in [-0.25, -0.2) is 0 Å². The van der Waals surface area contributed by atoms with Crippen LogP contribution in [0, 0.1) is 5.41 Å². The Balaban J connectivity index is 7.71. The smallest absolute Gasteiger partial charge is 0.460 e. The molecule has 0 aliphatic carbocycles. The summed E-state index contributed by atoms with van der Waals surface area (Å²) in [7, 11) is 0. The molecule has 0 heterocycles. The molecule has 0 amide bonds. The maximum absolute atomic E-state index is 14.0. The summed E-state index contributed by atoms with van der Waals surface area (Å²) in [6, 6.07) is 0. The Morgan fingerprint density at radius 1 is 0.333 bits per heavy atom. The van der Waals surface area contributed by atoms with Crippen molar-refractivity contribution in [3.05, 3.63) is 0 Å². The normalized spacial score (nSPS) is 16.2. The van der Waals surface area contributed by atoms with Crippen LogP contribution in [0.2, 0.25) is 0 Å². The quantitative estimate of drug-likeness (QED) is 0.267. The third kappa shape index (κ3) is 3.59. The summed E-state index contributed by atoms with van der Waals surface area (Å²) in [4.78, 5) is 21.4. The number of carboxylic acid groups (broad SMARTS) is 2. The predicted molar refractivity (Wildman–Crippen MR) is 64.4 cm³/mol. The standard InChI is InChI=1S/C12H2F20O4/c13-4(14,3(1(33)34,2(35)36)5(15,16)11(27,28)29)6(17,18)7(19,20)8(21,22)9(23,24)10(25,26)12(30,31)32/h(H,33,34)(H,35,36). The molecule has 0 spiro atoms. The van der Waals surface area contributed by atoms with Crippen molar-refractivity contribution in [3.8, 4) is 0 Å². The van der Waals surface area contributed by atoms with Crippen LogP contribution in [0.5, 0.6) is 0 Å². The van der Waals surface area contributed by atoms with Crippen LogP contribution in [0.3, 0.4) is 0 Å². The van der Waals surface area contributed by atoms with Crippen molar-refractivity contribution in [3.63, 3.8) is 0 Å². The number of aliphatic carboxylic acids is 2. The van der Waals surface area contributed by atoms with Crippen LogP contribution in [0.4, 0.5) is 87.8 Å². The van der Waals surface area contributed by atoms with E-state index in [4.69, 9.17) is 10.2 Å². The molecule has 0 aromatic rings. The first kappa shape index (κ1) is 33.5. The van der Waals surface area contributed by atoms with Crippen molar-refractivity contribution in [2.45, 2.75) is 53.8 Å². The monoisotopic (exact) mass is 590 g/mol. The number of hydrogen-bond donors (Lipinski definition) is 2. The molecule has 0 unspecified atom stereocenters. The van der Waals surface area contributed by atoms with Gasteiger partial charge in [0.1, 0.15) is 0 Å². The molecule has 2 N–H and O–H groups in total. The van der Waals surface area contributed by atoms with Gasteiger partial charge in [-0.15, -0.1) is 0 Å². The average Bonchev–Trinajstić information content (AvgIpc) is 2.57. The Hall–Kier alpha value is -2.46. The first-order chi connectivity index (χ1) is 15.1. The van der Waals surface area contributed by atoms with E-state index in [2.05, 4.69) is 0 Å². The van der Waals surface area contributed by atoms with Gasteiger partial charge >= 0.3 is 71.2 Å². The van der Waals surface area contributed by atoms with Gasteiger partial charge in [-0.05, 0) is 0 Å². The van der Waals surface area contributed by atoms with Crippen LogP contribution in [-0.2, 0) is 9.59 Å². The molecule has 0 fully saturated rings. The molecule has 0 rings (SSSR count).